The summed E-state index contributed by atoms with van der Waals surface area (Å²) in [4.78, 5) is 14.1. The molecule has 0 bridgehead atoms. The van der Waals surface area contributed by atoms with E-state index in [4.69, 9.17) is 32.7 Å². The number of halogens is 2. The Bertz CT molecular complexity index is 753. The van der Waals surface area contributed by atoms with Crippen LogP contribution in [0.4, 0.5) is 0 Å². The molecule has 7 heteroatoms. The number of rotatable bonds is 8. The molecule has 0 aliphatic carbocycles. The predicted octanol–water partition coefficient (Wildman–Crippen LogP) is 3.80. The van der Waals surface area contributed by atoms with Gasteiger partial charge < -0.3 is 19.7 Å². The van der Waals surface area contributed by atoms with Crippen molar-refractivity contribution in [3.05, 3.63) is 58.1 Å². The number of amides is 1. The van der Waals surface area contributed by atoms with Gasteiger partial charge in [-0.15, -0.1) is 0 Å². The second-order valence-corrected chi connectivity index (χ2v) is 6.74. The molecule has 1 N–H and O–H groups in total. The van der Waals surface area contributed by atoms with E-state index in [-0.39, 0.29) is 18.6 Å². The lowest BCUT2D eigenvalue weighted by Crippen LogP contribution is -2.36. The lowest BCUT2D eigenvalue weighted by molar-refractivity contribution is -0.123. The number of carbonyl (C=O) groups is 1. The van der Waals surface area contributed by atoms with E-state index in [2.05, 4.69) is 5.32 Å². The van der Waals surface area contributed by atoms with Crippen molar-refractivity contribution in [1.82, 2.24) is 10.2 Å². The zero-order valence-corrected chi connectivity index (χ0v) is 16.5. The van der Waals surface area contributed by atoms with E-state index in [1.807, 2.05) is 43.3 Å². The lowest BCUT2D eigenvalue weighted by Gasteiger charge is -2.25. The van der Waals surface area contributed by atoms with Gasteiger partial charge in [0.05, 0.1) is 23.2 Å². The zero-order chi connectivity index (χ0) is 19.1. The van der Waals surface area contributed by atoms with Crippen LogP contribution in [0, 0.1) is 0 Å². The van der Waals surface area contributed by atoms with Gasteiger partial charge in [0.15, 0.2) is 6.61 Å². The molecule has 0 heterocycles. The third-order valence-electron chi connectivity index (χ3n) is 3.86. The maximum absolute atomic E-state index is 12.1. The van der Waals surface area contributed by atoms with Crippen LogP contribution in [-0.4, -0.2) is 45.2 Å². The Kier molecular flexibility index (Phi) is 7.57. The summed E-state index contributed by atoms with van der Waals surface area (Å²) in [7, 11) is 5.55. The van der Waals surface area contributed by atoms with Crippen LogP contribution in [-0.2, 0) is 4.79 Å². The molecule has 1 amide bonds. The Morgan fingerprint density at radius 3 is 2.54 bits per heavy atom. The van der Waals surface area contributed by atoms with E-state index in [0.717, 1.165) is 11.3 Å². The van der Waals surface area contributed by atoms with Crippen molar-refractivity contribution < 1.29 is 14.3 Å². The standard InChI is InChI=1S/C19H22Cl2N2O3/c1-23(2)18(13-5-4-6-14(9-13)25-3)11-22-19(24)12-26-15-7-8-16(20)17(21)10-15/h4-10,18H,11-12H2,1-3H3,(H,22,24). The highest BCUT2D eigenvalue weighted by molar-refractivity contribution is 6.42. The van der Waals surface area contributed by atoms with Gasteiger partial charge in [-0.2, -0.15) is 0 Å². The van der Waals surface area contributed by atoms with Crippen molar-refractivity contribution >= 4 is 29.1 Å². The van der Waals surface area contributed by atoms with Crippen LogP contribution in [0.25, 0.3) is 0 Å². The molecule has 0 fully saturated rings. The summed E-state index contributed by atoms with van der Waals surface area (Å²) in [6.45, 7) is 0.347. The molecule has 0 aliphatic heterocycles. The monoisotopic (exact) mass is 396 g/mol. The molecule has 1 unspecified atom stereocenters. The maximum Gasteiger partial charge on any atom is 0.258 e. The van der Waals surface area contributed by atoms with Gasteiger partial charge in [-0.05, 0) is 43.9 Å². The number of benzene rings is 2. The molecule has 0 saturated carbocycles. The van der Waals surface area contributed by atoms with Gasteiger partial charge in [0.25, 0.3) is 5.91 Å². The van der Waals surface area contributed by atoms with Crippen LogP contribution >= 0.6 is 23.2 Å². The zero-order valence-electron chi connectivity index (χ0n) is 15.0. The SMILES string of the molecule is COc1cccc(C(CNC(=O)COc2ccc(Cl)c(Cl)c2)N(C)C)c1. The average Bonchev–Trinajstić information content (AvgIpc) is 2.62. The number of likely N-dealkylation sites (N-methyl/N-ethyl adjacent to an activating group) is 1. The van der Waals surface area contributed by atoms with E-state index < -0.39 is 0 Å². The van der Waals surface area contributed by atoms with Crippen LogP contribution in [0.1, 0.15) is 11.6 Å². The molecule has 0 spiro atoms. The van der Waals surface area contributed by atoms with Crippen LogP contribution in [0.2, 0.25) is 10.0 Å². The van der Waals surface area contributed by atoms with Crippen molar-refractivity contribution in [2.24, 2.45) is 0 Å². The summed E-state index contributed by atoms with van der Waals surface area (Å²) < 4.78 is 10.7. The molecule has 2 aromatic carbocycles. The normalized spacial score (nSPS) is 11.9. The summed E-state index contributed by atoms with van der Waals surface area (Å²) in [5, 5.41) is 3.72. The minimum atomic E-state index is -0.217. The van der Waals surface area contributed by atoms with Gasteiger partial charge >= 0.3 is 0 Å². The minimum Gasteiger partial charge on any atom is -0.497 e. The molecule has 140 valence electrons. The largest absolute Gasteiger partial charge is 0.497 e. The Morgan fingerprint density at radius 1 is 1.12 bits per heavy atom. The molecule has 1 atom stereocenters. The molecule has 0 aliphatic rings. The smallest absolute Gasteiger partial charge is 0.258 e. The van der Waals surface area contributed by atoms with Crippen LogP contribution in [0.5, 0.6) is 11.5 Å². The van der Waals surface area contributed by atoms with Crippen molar-refractivity contribution in [3.63, 3.8) is 0 Å². The van der Waals surface area contributed by atoms with Crippen molar-refractivity contribution in [2.75, 3.05) is 34.4 Å². The third-order valence-corrected chi connectivity index (χ3v) is 4.59. The van der Waals surface area contributed by atoms with Crippen LogP contribution in [0.15, 0.2) is 42.5 Å². The fourth-order valence-electron chi connectivity index (χ4n) is 2.42. The van der Waals surface area contributed by atoms with E-state index in [1.165, 1.54) is 0 Å². The van der Waals surface area contributed by atoms with Gasteiger partial charge in [-0.3, -0.25) is 4.79 Å². The van der Waals surface area contributed by atoms with E-state index in [0.29, 0.717) is 22.3 Å². The van der Waals surface area contributed by atoms with Gasteiger partial charge in [0, 0.05) is 12.6 Å². The van der Waals surface area contributed by atoms with Crippen molar-refractivity contribution in [1.29, 1.82) is 0 Å². The van der Waals surface area contributed by atoms with Crippen LogP contribution < -0.4 is 14.8 Å². The maximum atomic E-state index is 12.1. The summed E-state index contributed by atoms with van der Waals surface area (Å²) in [5.74, 6) is 1.06. The van der Waals surface area contributed by atoms with Crippen molar-refractivity contribution in [2.45, 2.75) is 6.04 Å². The number of nitrogens with zero attached hydrogens (tertiary/aromatic N) is 1. The number of ether oxygens (including phenoxy) is 2. The Hall–Kier alpha value is -1.95. The Labute approximate surface area is 163 Å². The third kappa shape index (κ3) is 5.80. The van der Waals surface area contributed by atoms with Gasteiger partial charge in [0.2, 0.25) is 0 Å². The van der Waals surface area contributed by atoms with E-state index in [9.17, 15) is 4.79 Å². The summed E-state index contributed by atoms with van der Waals surface area (Å²) in [5.41, 5.74) is 1.06. The minimum absolute atomic E-state index is 0.0130. The molecule has 26 heavy (non-hydrogen) atoms. The average molecular weight is 397 g/mol. The molecule has 0 saturated heterocycles. The fourth-order valence-corrected chi connectivity index (χ4v) is 2.71. The molecule has 5 nitrogen and oxygen atoms in total. The first-order valence-corrected chi connectivity index (χ1v) is 8.81. The highest BCUT2D eigenvalue weighted by Gasteiger charge is 2.16. The van der Waals surface area contributed by atoms with E-state index >= 15 is 0 Å². The Morgan fingerprint density at radius 2 is 1.88 bits per heavy atom. The lowest BCUT2D eigenvalue weighted by atomic mass is 10.1. The number of hydrogen-bond acceptors (Lipinski definition) is 4. The second kappa shape index (κ2) is 9.67. The van der Waals surface area contributed by atoms with Crippen molar-refractivity contribution in [3.8, 4) is 11.5 Å². The molecular formula is C19H22Cl2N2O3. The summed E-state index contributed by atoms with van der Waals surface area (Å²) >= 11 is 11.8. The van der Waals surface area contributed by atoms with E-state index in [1.54, 1.807) is 25.3 Å². The van der Waals surface area contributed by atoms with Gasteiger partial charge in [-0.25, -0.2) is 0 Å². The summed E-state index contributed by atoms with van der Waals surface area (Å²) in [6, 6.07) is 12.7. The Balaban J connectivity index is 1.91. The number of nitrogens with one attached hydrogen (secondary N) is 1. The highest BCUT2D eigenvalue weighted by atomic mass is 35.5. The first-order chi connectivity index (χ1) is 12.4. The topological polar surface area (TPSA) is 50.8 Å². The first-order valence-electron chi connectivity index (χ1n) is 8.05. The van der Waals surface area contributed by atoms with Crippen LogP contribution in [0.3, 0.4) is 0 Å². The molecule has 2 rings (SSSR count). The molecular weight excluding hydrogens is 375 g/mol. The number of hydrogen-bond donors (Lipinski definition) is 1. The quantitative estimate of drug-likeness (QED) is 0.736. The predicted molar refractivity (Wildman–Crippen MR) is 104 cm³/mol. The number of methoxy groups -OCH3 is 1. The van der Waals surface area contributed by atoms with Gasteiger partial charge in [0.1, 0.15) is 11.5 Å². The molecule has 0 aromatic heterocycles. The second-order valence-electron chi connectivity index (χ2n) is 5.92. The van der Waals surface area contributed by atoms with Gasteiger partial charge in [-0.1, -0.05) is 35.3 Å². The molecule has 0 radical (unpaired) electrons. The fraction of sp³-hybridized carbons (Fsp3) is 0.316. The number of carbonyl (C=O) groups excluding carboxylic acids is 1. The highest BCUT2D eigenvalue weighted by Crippen LogP contribution is 2.26. The summed E-state index contributed by atoms with van der Waals surface area (Å²) in [6.07, 6.45) is 0. The first kappa shape index (κ1) is 20.4. The molecule has 2 aromatic rings.